The van der Waals surface area contributed by atoms with Gasteiger partial charge in [-0.25, -0.2) is 0 Å². The Balaban J connectivity index is 2.95. The van der Waals surface area contributed by atoms with E-state index in [0.29, 0.717) is 0 Å². The molecule has 0 aliphatic heterocycles. The van der Waals surface area contributed by atoms with Crippen molar-refractivity contribution in [3.8, 4) is 0 Å². The second kappa shape index (κ2) is 2.70. The van der Waals surface area contributed by atoms with E-state index in [4.69, 9.17) is 0 Å². The van der Waals surface area contributed by atoms with Gasteiger partial charge in [0.05, 0.1) is 0 Å². The summed E-state index contributed by atoms with van der Waals surface area (Å²) in [6, 6.07) is 8.61. The van der Waals surface area contributed by atoms with Crippen molar-refractivity contribution in [2.75, 3.05) is 0 Å². The Morgan fingerprint density at radius 2 is 2.10 bits per heavy atom. The second-order valence-corrected chi connectivity index (χ2v) is 5.55. The predicted octanol–water partition coefficient (Wildman–Crippen LogP) is 2.66. The molecule has 1 aromatic heterocycles. The quantitative estimate of drug-likeness (QED) is 0.657. The third-order valence-electron chi connectivity index (χ3n) is 1.43. The van der Waals surface area contributed by atoms with Gasteiger partial charge in [0, 0.05) is 0 Å². The zero-order valence-electron chi connectivity index (χ0n) is 5.17. The van der Waals surface area contributed by atoms with E-state index in [2.05, 4.69) is 44.3 Å². The fourth-order valence-electron chi connectivity index (χ4n) is 0.956. The Bertz CT molecular complexity index is 351. The van der Waals surface area contributed by atoms with Crippen LogP contribution in [0.1, 0.15) is 0 Å². The molecule has 0 atom stereocenters. The predicted molar refractivity (Wildman–Crippen MR) is 48.6 cm³/mol. The van der Waals surface area contributed by atoms with Gasteiger partial charge >= 0.3 is 78.0 Å². The molecular weight excluding hydrogens is 304 g/mol. The van der Waals surface area contributed by atoms with Crippen molar-refractivity contribution in [2.24, 2.45) is 0 Å². The van der Waals surface area contributed by atoms with Crippen LogP contribution in [0.2, 0.25) is 0 Å². The van der Waals surface area contributed by atoms with Gasteiger partial charge in [0.1, 0.15) is 0 Å². The van der Waals surface area contributed by atoms with Crippen molar-refractivity contribution >= 4 is 45.1 Å². The Morgan fingerprint density at radius 1 is 1.20 bits per heavy atom. The van der Waals surface area contributed by atoms with Crippen molar-refractivity contribution in [1.82, 2.24) is 0 Å². The number of hydrogen-bond donors (Lipinski definition) is 0. The second-order valence-electron chi connectivity index (χ2n) is 2.08. The molecular formula is C8H5BrTe. The van der Waals surface area contributed by atoms with Crippen LogP contribution in [0.3, 0.4) is 0 Å². The first-order valence-corrected chi connectivity index (χ1v) is 6.30. The van der Waals surface area contributed by atoms with Crippen molar-refractivity contribution in [1.29, 1.82) is 0 Å². The minimum absolute atomic E-state index is 0.00848. The Hall–Kier alpha value is 0.230. The summed E-state index contributed by atoms with van der Waals surface area (Å²) >= 11 is 3.55. The fraction of sp³-hybridized carbons (Fsp3) is 0. The van der Waals surface area contributed by atoms with Crippen LogP contribution in [0.15, 0.2) is 32.8 Å². The van der Waals surface area contributed by atoms with Crippen LogP contribution in [0, 0.1) is 0 Å². The van der Waals surface area contributed by atoms with Crippen LogP contribution in [-0.2, 0) is 0 Å². The monoisotopic (exact) mass is 310 g/mol. The molecule has 0 aliphatic rings. The van der Waals surface area contributed by atoms with Gasteiger partial charge in [-0.15, -0.1) is 0 Å². The number of rotatable bonds is 0. The summed E-state index contributed by atoms with van der Waals surface area (Å²) in [5.41, 5.74) is 0. The first-order chi connectivity index (χ1) is 4.88. The summed E-state index contributed by atoms with van der Waals surface area (Å²) in [7, 11) is 0. The summed E-state index contributed by atoms with van der Waals surface area (Å²) in [5, 5.41) is 1.41. The Labute approximate surface area is 77.6 Å². The molecule has 0 unspecified atom stereocenters. The van der Waals surface area contributed by atoms with Gasteiger partial charge < -0.3 is 0 Å². The maximum absolute atomic E-state index is 3.54. The van der Waals surface area contributed by atoms with E-state index in [1.54, 1.807) is 3.40 Å². The Kier molecular flexibility index (Phi) is 1.86. The summed E-state index contributed by atoms with van der Waals surface area (Å²) in [6.45, 7) is 0. The van der Waals surface area contributed by atoms with Gasteiger partial charge in [0.15, 0.2) is 0 Å². The van der Waals surface area contributed by atoms with Crippen LogP contribution in [0.25, 0.3) is 8.79 Å². The molecule has 2 heteroatoms. The molecule has 0 nitrogen and oxygen atoms in total. The number of fused-ring (bicyclic) bond motifs is 1. The number of halogens is 1. The molecule has 0 amide bonds. The van der Waals surface area contributed by atoms with E-state index in [-0.39, 0.29) is 20.4 Å². The maximum atomic E-state index is 3.54. The molecule has 2 aromatic rings. The summed E-state index contributed by atoms with van der Waals surface area (Å²) in [4.78, 5) is 0. The van der Waals surface area contributed by atoms with Gasteiger partial charge in [0.25, 0.3) is 0 Å². The fourth-order valence-corrected chi connectivity index (χ4v) is 4.26. The number of hydrogen-bond acceptors (Lipinski definition) is 0. The first kappa shape index (κ1) is 6.91. The van der Waals surface area contributed by atoms with Crippen LogP contribution in [0.4, 0.5) is 0 Å². The molecule has 0 saturated carbocycles. The van der Waals surface area contributed by atoms with Gasteiger partial charge in [0.2, 0.25) is 0 Å². The molecule has 0 spiro atoms. The van der Waals surface area contributed by atoms with Crippen LogP contribution in [-0.4, -0.2) is 20.4 Å². The molecule has 1 aromatic carbocycles. The van der Waals surface area contributed by atoms with E-state index in [1.165, 1.54) is 9.86 Å². The van der Waals surface area contributed by atoms with E-state index in [0.717, 1.165) is 0 Å². The average Bonchev–Trinajstić information content (AvgIpc) is 2.36. The molecule has 0 saturated heterocycles. The summed E-state index contributed by atoms with van der Waals surface area (Å²) in [6.07, 6.45) is 0. The molecule has 0 bridgehead atoms. The third-order valence-corrected chi connectivity index (χ3v) is 5.66. The standard InChI is InChI=1S/C8H5BrTe/c9-7-3-1-2-6-4-5-10-8(6)7/h1-5H. The molecule has 50 valence electrons. The summed E-state index contributed by atoms with van der Waals surface area (Å²) in [5.74, 6) is 0. The zero-order chi connectivity index (χ0) is 6.97. The molecule has 0 radical (unpaired) electrons. The Morgan fingerprint density at radius 3 is 2.90 bits per heavy atom. The van der Waals surface area contributed by atoms with Crippen LogP contribution in [0.5, 0.6) is 0 Å². The molecule has 2 rings (SSSR count). The topological polar surface area (TPSA) is 0 Å². The molecule has 10 heavy (non-hydrogen) atoms. The van der Waals surface area contributed by atoms with E-state index in [9.17, 15) is 0 Å². The van der Waals surface area contributed by atoms with E-state index < -0.39 is 0 Å². The normalized spacial score (nSPS) is 10.5. The molecule has 1 heterocycles. The molecule has 0 N–H and O–H groups in total. The SMILES string of the molecule is Brc1cccc2cc[te]c12. The third kappa shape index (κ3) is 1.05. The number of benzene rings is 1. The van der Waals surface area contributed by atoms with Gasteiger partial charge in [-0.2, -0.15) is 0 Å². The zero-order valence-corrected chi connectivity index (χ0v) is 9.09. The van der Waals surface area contributed by atoms with Crippen molar-refractivity contribution < 1.29 is 0 Å². The molecule has 0 aliphatic carbocycles. The van der Waals surface area contributed by atoms with Crippen LogP contribution >= 0.6 is 15.9 Å². The van der Waals surface area contributed by atoms with Crippen LogP contribution < -0.4 is 0 Å². The van der Waals surface area contributed by atoms with E-state index in [1.807, 2.05) is 0 Å². The van der Waals surface area contributed by atoms with Crippen molar-refractivity contribution in [3.05, 3.63) is 32.8 Å². The van der Waals surface area contributed by atoms with Crippen molar-refractivity contribution in [3.63, 3.8) is 0 Å². The average molecular weight is 309 g/mol. The molecule has 0 fully saturated rings. The first-order valence-electron chi connectivity index (χ1n) is 2.99. The minimum atomic E-state index is 0.00848. The summed E-state index contributed by atoms with van der Waals surface area (Å²) < 4.78 is 5.16. The van der Waals surface area contributed by atoms with Gasteiger partial charge in [-0.1, -0.05) is 0 Å². The van der Waals surface area contributed by atoms with Crippen molar-refractivity contribution in [2.45, 2.75) is 0 Å². The van der Waals surface area contributed by atoms with Gasteiger partial charge in [-0.05, 0) is 0 Å². The van der Waals surface area contributed by atoms with Gasteiger partial charge in [-0.3, -0.25) is 0 Å². The van der Waals surface area contributed by atoms with E-state index >= 15 is 0 Å².